The highest BCUT2D eigenvalue weighted by Gasteiger charge is 2.12. The first kappa shape index (κ1) is 15.4. The van der Waals surface area contributed by atoms with E-state index in [1.54, 1.807) is 7.11 Å². The Morgan fingerprint density at radius 3 is 2.61 bits per heavy atom. The normalized spacial score (nSPS) is 10.6. The number of hydrogen-bond acceptors (Lipinski definition) is 3. The molecule has 1 aromatic heterocycles. The zero-order valence-corrected chi connectivity index (χ0v) is 14.2. The predicted molar refractivity (Wildman–Crippen MR) is 96.5 cm³/mol. The van der Waals surface area contributed by atoms with E-state index in [2.05, 4.69) is 41.6 Å². The molecule has 0 amide bonds. The van der Waals surface area contributed by atoms with Crippen LogP contribution in [0.4, 0.5) is 5.69 Å². The summed E-state index contributed by atoms with van der Waals surface area (Å²) in [5.41, 5.74) is 8.65. The highest BCUT2D eigenvalue weighted by Crippen LogP contribution is 2.25. The minimum absolute atomic E-state index is 0.627. The summed E-state index contributed by atoms with van der Waals surface area (Å²) in [5.74, 6) is 0.797. The summed E-state index contributed by atoms with van der Waals surface area (Å²) in [4.78, 5) is 3.23. The number of benzene rings is 2. The van der Waals surface area contributed by atoms with Crippen LogP contribution in [-0.2, 0) is 0 Å². The molecular weight excluding hydrogens is 306 g/mol. The SMILES string of the molecule is COc1cccc(Nn2c(-c3cccc(C)c3)c(C)[nH]c2=S)c1. The maximum absolute atomic E-state index is 5.47. The minimum Gasteiger partial charge on any atom is -0.497 e. The van der Waals surface area contributed by atoms with Gasteiger partial charge in [0.2, 0.25) is 0 Å². The molecule has 3 aromatic rings. The van der Waals surface area contributed by atoms with Gasteiger partial charge in [0, 0.05) is 17.3 Å². The number of aromatic nitrogens is 2. The number of H-pyrrole nitrogens is 1. The van der Waals surface area contributed by atoms with Crippen LogP contribution in [0.2, 0.25) is 0 Å². The molecule has 2 aromatic carbocycles. The molecule has 0 radical (unpaired) electrons. The molecule has 118 valence electrons. The molecule has 1 heterocycles. The molecule has 0 saturated heterocycles. The Bertz CT molecular complexity index is 895. The maximum Gasteiger partial charge on any atom is 0.197 e. The number of rotatable bonds is 4. The summed E-state index contributed by atoms with van der Waals surface area (Å²) in [5, 5.41) is 0. The number of hydrogen-bond donors (Lipinski definition) is 2. The molecule has 0 bridgehead atoms. The monoisotopic (exact) mass is 325 g/mol. The Hall–Kier alpha value is -2.53. The Kier molecular flexibility index (Phi) is 4.21. The molecular formula is C18H19N3OS. The number of aromatic amines is 1. The quantitative estimate of drug-likeness (QED) is 0.682. The first-order chi connectivity index (χ1) is 11.1. The number of methoxy groups -OCH3 is 1. The van der Waals surface area contributed by atoms with Gasteiger partial charge >= 0.3 is 0 Å². The fraction of sp³-hybridized carbons (Fsp3) is 0.167. The number of anilines is 1. The topological polar surface area (TPSA) is 42.0 Å². The summed E-state index contributed by atoms with van der Waals surface area (Å²) >= 11 is 5.47. The van der Waals surface area contributed by atoms with Crippen LogP contribution in [0.25, 0.3) is 11.3 Å². The largest absolute Gasteiger partial charge is 0.497 e. The number of aryl methyl sites for hydroxylation is 2. The zero-order chi connectivity index (χ0) is 16.4. The minimum atomic E-state index is 0.627. The van der Waals surface area contributed by atoms with Crippen LogP contribution >= 0.6 is 12.2 Å². The molecule has 0 atom stereocenters. The van der Waals surface area contributed by atoms with Crippen molar-refractivity contribution in [1.82, 2.24) is 9.66 Å². The molecule has 0 saturated carbocycles. The Morgan fingerprint density at radius 2 is 1.87 bits per heavy atom. The smallest absolute Gasteiger partial charge is 0.197 e. The van der Waals surface area contributed by atoms with Crippen LogP contribution in [0.3, 0.4) is 0 Å². The van der Waals surface area contributed by atoms with Gasteiger partial charge in [0.05, 0.1) is 18.5 Å². The van der Waals surface area contributed by atoms with Gasteiger partial charge in [-0.05, 0) is 44.3 Å². The molecule has 0 aliphatic heterocycles. The number of imidazole rings is 1. The average Bonchev–Trinajstić information content (AvgIpc) is 2.81. The van der Waals surface area contributed by atoms with Crippen LogP contribution in [0, 0.1) is 18.6 Å². The van der Waals surface area contributed by atoms with E-state index >= 15 is 0 Å². The van der Waals surface area contributed by atoms with E-state index in [1.807, 2.05) is 35.9 Å². The van der Waals surface area contributed by atoms with E-state index in [1.165, 1.54) is 5.56 Å². The first-order valence-electron chi connectivity index (χ1n) is 7.38. The highest BCUT2D eigenvalue weighted by molar-refractivity contribution is 7.71. The van der Waals surface area contributed by atoms with Gasteiger partial charge in [-0.1, -0.05) is 29.8 Å². The Morgan fingerprint density at radius 1 is 1.09 bits per heavy atom. The molecule has 4 nitrogen and oxygen atoms in total. The molecule has 5 heteroatoms. The van der Waals surface area contributed by atoms with Gasteiger partial charge in [0.15, 0.2) is 4.77 Å². The van der Waals surface area contributed by atoms with Crippen LogP contribution < -0.4 is 10.2 Å². The van der Waals surface area contributed by atoms with Crippen molar-refractivity contribution in [2.24, 2.45) is 0 Å². The molecule has 0 spiro atoms. The van der Waals surface area contributed by atoms with E-state index in [0.29, 0.717) is 4.77 Å². The van der Waals surface area contributed by atoms with Crippen molar-refractivity contribution in [2.75, 3.05) is 12.5 Å². The van der Waals surface area contributed by atoms with Crippen molar-refractivity contribution in [3.8, 4) is 17.0 Å². The molecule has 0 aliphatic rings. The predicted octanol–water partition coefficient (Wildman–Crippen LogP) is 4.71. The Labute approximate surface area is 140 Å². The first-order valence-corrected chi connectivity index (χ1v) is 7.79. The van der Waals surface area contributed by atoms with E-state index in [0.717, 1.165) is 28.4 Å². The summed E-state index contributed by atoms with van der Waals surface area (Å²) in [7, 11) is 1.66. The van der Waals surface area contributed by atoms with Crippen molar-refractivity contribution < 1.29 is 4.74 Å². The van der Waals surface area contributed by atoms with Gasteiger partial charge in [0.1, 0.15) is 5.75 Å². The van der Waals surface area contributed by atoms with Gasteiger partial charge in [-0.2, -0.15) is 0 Å². The maximum atomic E-state index is 5.47. The van der Waals surface area contributed by atoms with Crippen LogP contribution in [0.15, 0.2) is 48.5 Å². The third-order valence-corrected chi connectivity index (χ3v) is 3.96. The lowest BCUT2D eigenvalue weighted by Gasteiger charge is -2.13. The van der Waals surface area contributed by atoms with E-state index in [-0.39, 0.29) is 0 Å². The second kappa shape index (κ2) is 6.30. The van der Waals surface area contributed by atoms with Gasteiger partial charge in [-0.3, -0.25) is 5.43 Å². The fourth-order valence-corrected chi connectivity index (χ4v) is 2.90. The van der Waals surface area contributed by atoms with Gasteiger partial charge in [0.25, 0.3) is 0 Å². The lowest BCUT2D eigenvalue weighted by molar-refractivity contribution is 0.415. The summed E-state index contributed by atoms with van der Waals surface area (Å²) in [6, 6.07) is 16.1. The summed E-state index contributed by atoms with van der Waals surface area (Å²) < 4.78 is 7.80. The fourth-order valence-electron chi connectivity index (χ4n) is 2.61. The van der Waals surface area contributed by atoms with Crippen LogP contribution in [0.5, 0.6) is 5.75 Å². The molecule has 0 fully saturated rings. The van der Waals surface area contributed by atoms with Crippen molar-refractivity contribution in [2.45, 2.75) is 13.8 Å². The third-order valence-electron chi connectivity index (χ3n) is 3.68. The van der Waals surface area contributed by atoms with E-state index in [4.69, 9.17) is 17.0 Å². The van der Waals surface area contributed by atoms with Crippen molar-refractivity contribution in [3.05, 3.63) is 64.6 Å². The van der Waals surface area contributed by atoms with Crippen LogP contribution in [-0.4, -0.2) is 16.8 Å². The van der Waals surface area contributed by atoms with E-state index < -0.39 is 0 Å². The molecule has 23 heavy (non-hydrogen) atoms. The Balaban J connectivity index is 2.07. The lowest BCUT2D eigenvalue weighted by atomic mass is 10.1. The lowest BCUT2D eigenvalue weighted by Crippen LogP contribution is -2.11. The third kappa shape index (κ3) is 3.14. The van der Waals surface area contributed by atoms with E-state index in [9.17, 15) is 0 Å². The van der Waals surface area contributed by atoms with Gasteiger partial charge < -0.3 is 9.72 Å². The highest BCUT2D eigenvalue weighted by atomic mass is 32.1. The molecule has 3 rings (SSSR count). The second-order valence-corrected chi connectivity index (χ2v) is 5.84. The van der Waals surface area contributed by atoms with Gasteiger partial charge in [-0.25, -0.2) is 4.68 Å². The average molecular weight is 325 g/mol. The standard InChI is InChI=1S/C18H19N3OS/c1-12-6-4-7-14(10-12)17-13(2)19-18(23)21(17)20-15-8-5-9-16(11-15)22-3/h4-11,20H,1-3H3,(H,19,23). The number of nitrogens with one attached hydrogen (secondary N) is 2. The van der Waals surface area contributed by atoms with Gasteiger partial charge in [-0.15, -0.1) is 0 Å². The van der Waals surface area contributed by atoms with Crippen LogP contribution in [0.1, 0.15) is 11.3 Å². The van der Waals surface area contributed by atoms with Crippen molar-refractivity contribution in [1.29, 1.82) is 0 Å². The summed E-state index contributed by atoms with van der Waals surface area (Å²) in [6.07, 6.45) is 0. The molecule has 2 N–H and O–H groups in total. The van der Waals surface area contributed by atoms with Crippen molar-refractivity contribution >= 4 is 17.9 Å². The summed E-state index contributed by atoms with van der Waals surface area (Å²) in [6.45, 7) is 4.11. The number of nitrogens with zero attached hydrogens (tertiary/aromatic N) is 1. The zero-order valence-electron chi connectivity index (χ0n) is 13.4. The molecule has 0 aliphatic carbocycles. The second-order valence-electron chi connectivity index (χ2n) is 5.45. The van der Waals surface area contributed by atoms with Crippen molar-refractivity contribution in [3.63, 3.8) is 0 Å². The number of ether oxygens (including phenoxy) is 1. The molecule has 0 unspecified atom stereocenters.